The maximum Gasteiger partial charge on any atom is 0.350 e. The number of rotatable bonds is 7. The van der Waals surface area contributed by atoms with E-state index in [0.29, 0.717) is 36.6 Å². The number of benzene rings is 2. The molecule has 0 aliphatic carbocycles. The Hall–Kier alpha value is -4.87. The van der Waals surface area contributed by atoms with Crippen molar-refractivity contribution >= 4 is 23.4 Å². The average molecular weight is 534 g/mol. The number of alkyl halides is 2. The average Bonchev–Trinajstić information content (AvgIpc) is 3.47. The van der Waals surface area contributed by atoms with Crippen LogP contribution in [0.25, 0.3) is 16.8 Å². The number of primary amides is 1. The fraction of sp³-hybridized carbons (Fsp3) is 0.222. The van der Waals surface area contributed by atoms with E-state index in [9.17, 15) is 23.2 Å². The number of hydrogen-bond donors (Lipinski definition) is 1. The van der Waals surface area contributed by atoms with Gasteiger partial charge in [0.15, 0.2) is 0 Å². The van der Waals surface area contributed by atoms with E-state index >= 15 is 0 Å². The Balaban J connectivity index is 1.48. The van der Waals surface area contributed by atoms with E-state index in [-0.39, 0.29) is 11.7 Å². The third-order valence-electron chi connectivity index (χ3n) is 6.68. The molecule has 2 aromatic heterocycles. The first-order valence-electron chi connectivity index (χ1n) is 12.2. The molecular formula is C27H25F2N7O3. The molecule has 39 heavy (non-hydrogen) atoms. The van der Waals surface area contributed by atoms with Gasteiger partial charge >= 0.3 is 11.7 Å². The van der Waals surface area contributed by atoms with E-state index in [1.54, 1.807) is 64.5 Å². The summed E-state index contributed by atoms with van der Waals surface area (Å²) in [6.07, 6.45) is -0.732. The Morgan fingerprint density at radius 3 is 2.41 bits per heavy atom. The van der Waals surface area contributed by atoms with Crippen molar-refractivity contribution in [3.05, 3.63) is 88.2 Å². The van der Waals surface area contributed by atoms with E-state index in [4.69, 9.17) is 5.73 Å². The van der Waals surface area contributed by atoms with Crippen LogP contribution in [0, 0.1) is 0 Å². The summed E-state index contributed by atoms with van der Waals surface area (Å²) in [7, 11) is 1.32. The molecule has 4 aromatic rings. The molecule has 10 nitrogen and oxygen atoms in total. The molecule has 1 fully saturated rings. The van der Waals surface area contributed by atoms with Gasteiger partial charge in [-0.1, -0.05) is 25.1 Å². The molecule has 0 bridgehead atoms. The number of nitrogens with zero attached hydrogens (tertiary/aromatic N) is 6. The van der Waals surface area contributed by atoms with Crippen LogP contribution in [0.5, 0.6) is 0 Å². The smallest absolute Gasteiger partial charge is 0.350 e. The Morgan fingerprint density at radius 2 is 1.74 bits per heavy atom. The van der Waals surface area contributed by atoms with Crippen molar-refractivity contribution in [1.29, 1.82) is 0 Å². The predicted molar refractivity (Wildman–Crippen MR) is 141 cm³/mol. The van der Waals surface area contributed by atoms with Crippen LogP contribution in [0.1, 0.15) is 35.1 Å². The van der Waals surface area contributed by atoms with Gasteiger partial charge in [0.05, 0.1) is 5.69 Å². The van der Waals surface area contributed by atoms with Gasteiger partial charge in [-0.2, -0.15) is 0 Å². The van der Waals surface area contributed by atoms with Gasteiger partial charge in [-0.3, -0.25) is 14.6 Å². The summed E-state index contributed by atoms with van der Waals surface area (Å²) in [6.45, 7) is 2.75. The van der Waals surface area contributed by atoms with E-state index in [1.807, 2.05) is 13.0 Å². The molecule has 2 aromatic carbocycles. The lowest BCUT2D eigenvalue weighted by atomic mass is 9.98. The second-order valence-electron chi connectivity index (χ2n) is 8.96. The monoisotopic (exact) mass is 533 g/mol. The summed E-state index contributed by atoms with van der Waals surface area (Å²) in [5.41, 5.74) is 8.30. The highest BCUT2D eigenvalue weighted by atomic mass is 19.3. The molecule has 1 aliphatic rings. The zero-order valence-electron chi connectivity index (χ0n) is 21.2. The van der Waals surface area contributed by atoms with E-state index in [0.717, 1.165) is 25.9 Å². The number of pyridine rings is 1. The number of aromatic nitrogens is 4. The highest BCUT2D eigenvalue weighted by Crippen LogP contribution is 2.33. The number of aryl methyl sites for hydroxylation is 1. The largest absolute Gasteiger partial charge is 0.366 e. The number of carbonyl (C=O) groups is 2. The lowest BCUT2D eigenvalue weighted by molar-refractivity contribution is 0.1000. The topological polar surface area (TPSA) is 119 Å². The van der Waals surface area contributed by atoms with E-state index in [2.05, 4.69) is 10.1 Å². The summed E-state index contributed by atoms with van der Waals surface area (Å²) >= 11 is 0. The van der Waals surface area contributed by atoms with Crippen LogP contribution in [0.3, 0.4) is 0 Å². The third-order valence-corrected chi connectivity index (χ3v) is 6.68. The third kappa shape index (κ3) is 4.54. The van der Waals surface area contributed by atoms with Crippen LogP contribution in [0.4, 0.5) is 25.1 Å². The minimum atomic E-state index is -2.91. The van der Waals surface area contributed by atoms with Gasteiger partial charge in [0.25, 0.3) is 6.43 Å². The zero-order valence-corrected chi connectivity index (χ0v) is 21.2. The molecule has 200 valence electrons. The quantitative estimate of drug-likeness (QED) is 0.389. The van der Waals surface area contributed by atoms with E-state index < -0.39 is 23.8 Å². The maximum absolute atomic E-state index is 13.5. The van der Waals surface area contributed by atoms with Gasteiger partial charge in [0.2, 0.25) is 11.7 Å². The normalized spacial score (nSPS) is 13.5. The fourth-order valence-corrected chi connectivity index (χ4v) is 4.79. The molecule has 2 N–H and O–H groups in total. The standard InChI is InChI=1S/C27H25F2N7O3/c1-3-20-21(16-7-9-18(10-8-16)36-25(22(28)29)32-33(2)26(36)38)11-12-31-24(20)35-14-13-34(27(35)39)19-6-4-5-17(15-19)23(30)37/h4-12,15,22H,3,13-14H2,1-2H3,(H2,30,37). The summed E-state index contributed by atoms with van der Waals surface area (Å²) in [5, 5.41) is 3.64. The first kappa shape index (κ1) is 25.8. The first-order valence-corrected chi connectivity index (χ1v) is 12.2. The van der Waals surface area contributed by atoms with Crippen LogP contribution in [-0.4, -0.2) is 44.4 Å². The number of anilines is 2. The van der Waals surface area contributed by atoms with Gasteiger partial charge in [-0.15, -0.1) is 5.10 Å². The highest BCUT2D eigenvalue weighted by Gasteiger charge is 2.33. The fourth-order valence-electron chi connectivity index (χ4n) is 4.79. The molecule has 3 heterocycles. The van der Waals surface area contributed by atoms with Crippen molar-refractivity contribution < 1.29 is 18.4 Å². The molecule has 1 aliphatic heterocycles. The number of carbonyl (C=O) groups excluding carboxylic acids is 2. The van der Waals surface area contributed by atoms with Gasteiger partial charge < -0.3 is 5.73 Å². The maximum atomic E-state index is 13.5. The summed E-state index contributed by atoms with van der Waals surface area (Å²) in [5.74, 6) is -0.692. The Labute approximate surface area is 221 Å². The Bertz CT molecular complexity index is 1630. The summed E-state index contributed by atoms with van der Waals surface area (Å²) < 4.78 is 28.7. The van der Waals surface area contributed by atoms with Gasteiger partial charge in [-0.25, -0.2) is 32.6 Å². The molecule has 5 rings (SSSR count). The van der Waals surface area contributed by atoms with E-state index in [1.165, 1.54) is 7.05 Å². The number of urea groups is 1. The van der Waals surface area contributed by atoms with Crippen LogP contribution >= 0.6 is 0 Å². The van der Waals surface area contributed by atoms with Crippen molar-refractivity contribution in [2.75, 3.05) is 22.9 Å². The molecular weight excluding hydrogens is 508 g/mol. The van der Waals surface area contributed by atoms with Crippen molar-refractivity contribution in [1.82, 2.24) is 19.3 Å². The van der Waals surface area contributed by atoms with Crippen molar-refractivity contribution in [2.24, 2.45) is 12.8 Å². The van der Waals surface area contributed by atoms with Gasteiger partial charge in [0, 0.05) is 43.1 Å². The van der Waals surface area contributed by atoms with Crippen LogP contribution in [0.15, 0.2) is 65.6 Å². The molecule has 0 unspecified atom stereocenters. The second-order valence-corrected chi connectivity index (χ2v) is 8.96. The Kier molecular flexibility index (Phi) is 6.69. The van der Waals surface area contributed by atoms with Crippen molar-refractivity contribution in [3.8, 4) is 16.8 Å². The summed E-state index contributed by atoms with van der Waals surface area (Å²) in [4.78, 5) is 45.1. The zero-order chi connectivity index (χ0) is 27.8. The second kappa shape index (κ2) is 10.1. The molecule has 0 radical (unpaired) electrons. The number of nitrogens with two attached hydrogens (primary N) is 1. The van der Waals surface area contributed by atoms with Crippen LogP contribution in [0.2, 0.25) is 0 Å². The van der Waals surface area contributed by atoms with Crippen LogP contribution < -0.4 is 21.2 Å². The molecule has 0 saturated carbocycles. The molecule has 12 heteroatoms. The highest BCUT2D eigenvalue weighted by molar-refractivity contribution is 6.07. The molecule has 0 spiro atoms. The van der Waals surface area contributed by atoms with Crippen LogP contribution in [-0.2, 0) is 13.5 Å². The lowest BCUT2D eigenvalue weighted by Crippen LogP contribution is -2.33. The molecule has 1 saturated heterocycles. The first-order chi connectivity index (χ1) is 18.7. The number of halogens is 2. The number of amides is 3. The minimum Gasteiger partial charge on any atom is -0.366 e. The predicted octanol–water partition coefficient (Wildman–Crippen LogP) is 3.68. The number of hydrogen-bond acceptors (Lipinski definition) is 5. The van der Waals surface area contributed by atoms with Gasteiger partial charge in [0.1, 0.15) is 5.82 Å². The molecule has 3 amide bonds. The minimum absolute atomic E-state index is 0.267. The summed E-state index contributed by atoms with van der Waals surface area (Å²) in [6, 6.07) is 14.8. The SMILES string of the molecule is CCc1c(-c2ccc(-n3c(C(F)F)nn(C)c3=O)cc2)ccnc1N1CCN(c2cccc(C(N)=O)c2)C1=O. The van der Waals surface area contributed by atoms with Gasteiger partial charge in [-0.05, 0) is 53.9 Å². The lowest BCUT2D eigenvalue weighted by Gasteiger charge is -2.22. The Morgan fingerprint density at radius 1 is 1.03 bits per heavy atom. The van der Waals surface area contributed by atoms with Crippen molar-refractivity contribution in [3.63, 3.8) is 0 Å². The molecule has 0 atom stereocenters. The van der Waals surface area contributed by atoms with Crippen molar-refractivity contribution in [2.45, 2.75) is 19.8 Å².